The Kier molecular flexibility index (Phi) is 2.26. The maximum atomic E-state index is 6.08. The number of likely N-dealkylation sites (tertiary alicyclic amines) is 1. The van der Waals surface area contributed by atoms with Gasteiger partial charge in [0.1, 0.15) is 0 Å². The van der Waals surface area contributed by atoms with E-state index in [1.165, 1.54) is 6.42 Å². The first-order chi connectivity index (χ1) is 5.28. The van der Waals surface area contributed by atoms with Crippen molar-refractivity contribution in [1.29, 1.82) is 0 Å². The van der Waals surface area contributed by atoms with Crippen LogP contribution in [0.15, 0.2) is 0 Å². The minimum absolute atomic E-state index is 0.141. The maximum Gasteiger partial charge on any atom is 0.0306 e. The summed E-state index contributed by atoms with van der Waals surface area (Å²) in [5, 5.41) is 0. The van der Waals surface area contributed by atoms with E-state index in [1.807, 2.05) is 0 Å². The van der Waals surface area contributed by atoms with Crippen LogP contribution < -0.4 is 5.73 Å². The normalized spacial score (nSPS) is 35.0. The molecule has 1 saturated heterocycles. The van der Waals surface area contributed by atoms with Crippen molar-refractivity contribution in [3.05, 3.63) is 0 Å². The standard InChI is InChI=1S/C10H22N2/c1-9(2)7-6-8(11)10(3,4)12(9)5/h8H,6-7,11H2,1-5H3. The first-order valence-corrected chi connectivity index (χ1v) is 4.78. The monoisotopic (exact) mass is 170 g/mol. The Morgan fingerprint density at radius 3 is 2.17 bits per heavy atom. The molecule has 1 atom stereocenters. The van der Waals surface area contributed by atoms with E-state index in [2.05, 4.69) is 39.6 Å². The molecule has 0 aromatic heterocycles. The van der Waals surface area contributed by atoms with E-state index >= 15 is 0 Å². The zero-order chi connectivity index (χ0) is 9.57. The molecule has 0 radical (unpaired) electrons. The summed E-state index contributed by atoms with van der Waals surface area (Å²) >= 11 is 0. The summed E-state index contributed by atoms with van der Waals surface area (Å²) in [4.78, 5) is 2.41. The molecule has 0 aromatic carbocycles. The Bertz CT molecular complexity index is 173. The quantitative estimate of drug-likeness (QED) is 0.598. The minimum Gasteiger partial charge on any atom is -0.326 e. The topological polar surface area (TPSA) is 29.3 Å². The highest BCUT2D eigenvalue weighted by atomic mass is 15.3. The Morgan fingerprint density at radius 2 is 1.75 bits per heavy atom. The molecule has 0 bridgehead atoms. The number of hydrogen-bond acceptors (Lipinski definition) is 2. The van der Waals surface area contributed by atoms with Gasteiger partial charge in [0.2, 0.25) is 0 Å². The number of piperidine rings is 1. The van der Waals surface area contributed by atoms with E-state index in [-0.39, 0.29) is 5.54 Å². The van der Waals surface area contributed by atoms with Crippen LogP contribution in [0.5, 0.6) is 0 Å². The second kappa shape index (κ2) is 2.71. The number of nitrogens with zero attached hydrogens (tertiary/aromatic N) is 1. The van der Waals surface area contributed by atoms with E-state index in [1.54, 1.807) is 0 Å². The van der Waals surface area contributed by atoms with E-state index in [0.29, 0.717) is 11.6 Å². The molecule has 72 valence electrons. The van der Waals surface area contributed by atoms with Crippen molar-refractivity contribution < 1.29 is 0 Å². The van der Waals surface area contributed by atoms with Crippen molar-refractivity contribution in [2.45, 2.75) is 57.7 Å². The highest BCUT2D eigenvalue weighted by Crippen LogP contribution is 2.35. The van der Waals surface area contributed by atoms with Gasteiger partial charge >= 0.3 is 0 Å². The SMILES string of the molecule is CN1C(C)(C)CCC(N)C1(C)C. The molecular formula is C10H22N2. The largest absolute Gasteiger partial charge is 0.326 e. The van der Waals surface area contributed by atoms with Crippen LogP contribution in [-0.4, -0.2) is 29.1 Å². The van der Waals surface area contributed by atoms with Gasteiger partial charge in [0.05, 0.1) is 0 Å². The van der Waals surface area contributed by atoms with Crippen molar-refractivity contribution in [3.8, 4) is 0 Å². The Hall–Kier alpha value is -0.0800. The van der Waals surface area contributed by atoms with Gasteiger partial charge < -0.3 is 5.73 Å². The van der Waals surface area contributed by atoms with Gasteiger partial charge in [0, 0.05) is 17.1 Å². The summed E-state index contributed by atoms with van der Waals surface area (Å²) in [6.07, 6.45) is 2.35. The van der Waals surface area contributed by atoms with Gasteiger partial charge in [-0.3, -0.25) is 4.90 Å². The first kappa shape index (κ1) is 10.0. The number of likely N-dealkylation sites (N-methyl/N-ethyl adjacent to an activating group) is 1. The fourth-order valence-electron chi connectivity index (χ4n) is 2.06. The zero-order valence-corrected chi connectivity index (χ0v) is 9.02. The van der Waals surface area contributed by atoms with Crippen LogP contribution in [0.2, 0.25) is 0 Å². The van der Waals surface area contributed by atoms with Crippen LogP contribution in [0.25, 0.3) is 0 Å². The average Bonchev–Trinajstić information content (AvgIpc) is 1.96. The van der Waals surface area contributed by atoms with Gasteiger partial charge in [-0.25, -0.2) is 0 Å². The molecule has 1 aliphatic heterocycles. The fraction of sp³-hybridized carbons (Fsp3) is 1.00. The number of nitrogens with two attached hydrogens (primary N) is 1. The predicted octanol–water partition coefficient (Wildman–Crippen LogP) is 1.60. The van der Waals surface area contributed by atoms with Crippen LogP contribution in [0, 0.1) is 0 Å². The second-order valence-electron chi connectivity index (χ2n) is 5.17. The molecular weight excluding hydrogens is 148 g/mol. The van der Waals surface area contributed by atoms with Gasteiger partial charge in [-0.05, 0) is 47.6 Å². The highest BCUT2D eigenvalue weighted by molar-refractivity contribution is 5.01. The second-order valence-corrected chi connectivity index (χ2v) is 5.17. The average molecular weight is 170 g/mol. The lowest BCUT2D eigenvalue weighted by atomic mass is 9.77. The van der Waals surface area contributed by atoms with Crippen molar-refractivity contribution in [3.63, 3.8) is 0 Å². The number of rotatable bonds is 0. The highest BCUT2D eigenvalue weighted by Gasteiger charge is 2.43. The van der Waals surface area contributed by atoms with Gasteiger partial charge in [0.25, 0.3) is 0 Å². The summed E-state index contributed by atoms with van der Waals surface area (Å²) < 4.78 is 0. The Balaban J connectivity index is 2.86. The molecule has 1 fully saturated rings. The molecule has 0 amide bonds. The van der Waals surface area contributed by atoms with Crippen molar-refractivity contribution in [2.75, 3.05) is 7.05 Å². The summed E-state index contributed by atoms with van der Waals surface area (Å²) in [6, 6.07) is 0.315. The van der Waals surface area contributed by atoms with Crippen molar-refractivity contribution >= 4 is 0 Å². The van der Waals surface area contributed by atoms with Crippen LogP contribution >= 0.6 is 0 Å². The van der Waals surface area contributed by atoms with Crippen LogP contribution in [0.1, 0.15) is 40.5 Å². The molecule has 0 aromatic rings. The van der Waals surface area contributed by atoms with E-state index in [9.17, 15) is 0 Å². The molecule has 12 heavy (non-hydrogen) atoms. The van der Waals surface area contributed by atoms with E-state index in [4.69, 9.17) is 5.73 Å². The summed E-state index contributed by atoms with van der Waals surface area (Å²) in [5.74, 6) is 0. The molecule has 0 saturated carbocycles. The molecule has 0 spiro atoms. The van der Waals surface area contributed by atoms with Crippen LogP contribution in [-0.2, 0) is 0 Å². The predicted molar refractivity (Wildman–Crippen MR) is 53.1 cm³/mol. The zero-order valence-electron chi connectivity index (χ0n) is 9.02. The first-order valence-electron chi connectivity index (χ1n) is 4.78. The summed E-state index contributed by atoms with van der Waals surface area (Å²) in [5.41, 5.74) is 6.53. The Labute approximate surface area is 76.1 Å². The van der Waals surface area contributed by atoms with Gasteiger partial charge in [-0.15, -0.1) is 0 Å². The van der Waals surface area contributed by atoms with Gasteiger partial charge in [0.15, 0.2) is 0 Å². The molecule has 2 heteroatoms. The molecule has 1 rings (SSSR count). The minimum atomic E-state index is 0.141. The van der Waals surface area contributed by atoms with Crippen molar-refractivity contribution in [1.82, 2.24) is 4.90 Å². The lowest BCUT2D eigenvalue weighted by molar-refractivity contribution is -0.0163. The maximum absolute atomic E-state index is 6.08. The molecule has 2 N–H and O–H groups in total. The molecule has 0 aliphatic carbocycles. The molecule has 1 heterocycles. The fourth-order valence-corrected chi connectivity index (χ4v) is 2.06. The van der Waals surface area contributed by atoms with E-state index in [0.717, 1.165) is 6.42 Å². The lowest BCUT2D eigenvalue weighted by Gasteiger charge is -2.54. The summed E-state index contributed by atoms with van der Waals surface area (Å²) in [7, 11) is 2.18. The molecule has 1 aliphatic rings. The van der Waals surface area contributed by atoms with E-state index < -0.39 is 0 Å². The number of hydrogen-bond donors (Lipinski definition) is 1. The summed E-state index contributed by atoms with van der Waals surface area (Å²) in [6.45, 7) is 9.05. The third-order valence-corrected chi connectivity index (χ3v) is 3.75. The van der Waals surface area contributed by atoms with Gasteiger partial charge in [-0.2, -0.15) is 0 Å². The Morgan fingerprint density at radius 1 is 1.25 bits per heavy atom. The third-order valence-electron chi connectivity index (χ3n) is 3.75. The molecule has 1 unspecified atom stereocenters. The van der Waals surface area contributed by atoms with Crippen molar-refractivity contribution in [2.24, 2.45) is 5.73 Å². The van der Waals surface area contributed by atoms with Gasteiger partial charge in [-0.1, -0.05) is 0 Å². The molecule has 2 nitrogen and oxygen atoms in total. The smallest absolute Gasteiger partial charge is 0.0306 e. The van der Waals surface area contributed by atoms with Crippen LogP contribution in [0.3, 0.4) is 0 Å². The van der Waals surface area contributed by atoms with Crippen LogP contribution in [0.4, 0.5) is 0 Å². The third kappa shape index (κ3) is 1.38. The lowest BCUT2D eigenvalue weighted by Crippen LogP contribution is -2.65.